The van der Waals surface area contributed by atoms with Crippen molar-refractivity contribution in [2.45, 2.75) is 59.8 Å². The van der Waals surface area contributed by atoms with Gasteiger partial charge in [0.1, 0.15) is 0 Å². The van der Waals surface area contributed by atoms with Crippen LogP contribution in [0.3, 0.4) is 0 Å². The Labute approximate surface area is 155 Å². The fourth-order valence-corrected chi connectivity index (χ4v) is 4.01. The second kappa shape index (κ2) is 6.21. The van der Waals surface area contributed by atoms with Gasteiger partial charge < -0.3 is 0 Å². The fourth-order valence-electron chi connectivity index (χ4n) is 3.73. The SMILES string of the molecule is CC1=c2c(-c3ccc(C(C)(C)C)cc3C(C)C)c(C)ccc2=CC1=[Si]. The van der Waals surface area contributed by atoms with Crippen LogP contribution in [0.5, 0.6) is 0 Å². The number of benzene rings is 2. The van der Waals surface area contributed by atoms with E-state index >= 15 is 0 Å². The van der Waals surface area contributed by atoms with Gasteiger partial charge in [-0.15, -0.1) is 0 Å². The zero-order valence-corrected chi connectivity index (χ0v) is 17.5. The molecule has 0 amide bonds. The summed E-state index contributed by atoms with van der Waals surface area (Å²) in [7, 11) is 3.78. The smallest absolute Gasteiger partial charge is 0.0407 e. The number of fused-ring (bicyclic) bond motifs is 1. The lowest BCUT2D eigenvalue weighted by Gasteiger charge is -2.23. The molecule has 0 fully saturated rings. The Morgan fingerprint density at radius 3 is 2.24 bits per heavy atom. The molecule has 0 unspecified atom stereocenters. The van der Waals surface area contributed by atoms with Gasteiger partial charge in [-0.05, 0) is 74.2 Å². The third-order valence-corrected chi connectivity index (χ3v) is 5.85. The van der Waals surface area contributed by atoms with Crippen molar-refractivity contribution in [1.29, 1.82) is 0 Å². The van der Waals surface area contributed by atoms with E-state index in [0.717, 1.165) is 0 Å². The van der Waals surface area contributed by atoms with Gasteiger partial charge in [0.15, 0.2) is 0 Å². The van der Waals surface area contributed by atoms with Crippen molar-refractivity contribution in [3.8, 4) is 11.1 Å². The number of aryl methyl sites for hydroxylation is 1. The molecular formula is C24H28Si. The first-order chi connectivity index (χ1) is 11.6. The highest BCUT2D eigenvalue weighted by atomic mass is 28.1. The Hall–Kier alpha value is -1.73. The highest BCUT2D eigenvalue weighted by Crippen LogP contribution is 2.34. The first-order valence-corrected chi connectivity index (χ1v) is 9.67. The Bertz CT molecular complexity index is 982. The summed E-state index contributed by atoms with van der Waals surface area (Å²) in [6.07, 6.45) is 2.24. The van der Waals surface area contributed by atoms with Gasteiger partial charge in [-0.2, -0.15) is 0 Å². The van der Waals surface area contributed by atoms with E-state index in [-0.39, 0.29) is 5.41 Å². The largest absolute Gasteiger partial charge is 0.0587 e. The van der Waals surface area contributed by atoms with E-state index in [9.17, 15) is 0 Å². The van der Waals surface area contributed by atoms with Gasteiger partial charge in [0.25, 0.3) is 0 Å². The molecule has 0 aromatic heterocycles. The van der Waals surface area contributed by atoms with Crippen LogP contribution in [0, 0.1) is 6.92 Å². The van der Waals surface area contributed by atoms with Crippen LogP contribution in [0.15, 0.2) is 30.3 Å². The van der Waals surface area contributed by atoms with E-state index in [1.54, 1.807) is 0 Å². The second-order valence-corrected chi connectivity index (χ2v) is 9.15. The second-order valence-electron chi connectivity index (χ2n) is 8.61. The normalized spacial score (nSPS) is 14.1. The Morgan fingerprint density at radius 2 is 1.64 bits per heavy atom. The minimum Gasteiger partial charge on any atom is -0.0587 e. The van der Waals surface area contributed by atoms with Crippen molar-refractivity contribution < 1.29 is 0 Å². The summed E-state index contributed by atoms with van der Waals surface area (Å²) < 4.78 is 0. The summed E-state index contributed by atoms with van der Waals surface area (Å²) in [6, 6.07) is 11.6. The molecule has 0 saturated carbocycles. The van der Waals surface area contributed by atoms with Crippen LogP contribution in [-0.4, -0.2) is 15.0 Å². The van der Waals surface area contributed by atoms with Crippen molar-refractivity contribution in [3.63, 3.8) is 0 Å². The lowest BCUT2D eigenvalue weighted by molar-refractivity contribution is 0.588. The van der Waals surface area contributed by atoms with E-state index < -0.39 is 0 Å². The van der Waals surface area contributed by atoms with Gasteiger partial charge >= 0.3 is 0 Å². The monoisotopic (exact) mass is 344 g/mol. The Balaban J connectivity index is 2.40. The minimum atomic E-state index is 0.169. The van der Waals surface area contributed by atoms with Crippen LogP contribution < -0.4 is 10.4 Å². The molecule has 0 aliphatic heterocycles. The topological polar surface area (TPSA) is 0 Å². The van der Waals surface area contributed by atoms with E-state index in [1.807, 2.05) is 0 Å². The summed E-state index contributed by atoms with van der Waals surface area (Å²) in [4.78, 5) is 0. The molecule has 2 aromatic rings. The summed E-state index contributed by atoms with van der Waals surface area (Å²) in [5.41, 5.74) is 8.47. The van der Waals surface area contributed by atoms with Gasteiger partial charge in [-0.3, -0.25) is 0 Å². The maximum absolute atomic E-state index is 3.78. The molecule has 0 saturated heterocycles. The average Bonchev–Trinajstić information content (AvgIpc) is 2.81. The van der Waals surface area contributed by atoms with Gasteiger partial charge in [0.05, 0.1) is 0 Å². The first kappa shape index (κ1) is 18.1. The van der Waals surface area contributed by atoms with Crippen LogP contribution in [0.1, 0.15) is 64.2 Å². The van der Waals surface area contributed by atoms with Crippen molar-refractivity contribution in [3.05, 3.63) is 57.5 Å². The van der Waals surface area contributed by atoms with Crippen LogP contribution in [0.4, 0.5) is 0 Å². The zero-order valence-electron chi connectivity index (χ0n) is 16.5. The van der Waals surface area contributed by atoms with Crippen LogP contribution in [0.25, 0.3) is 22.8 Å². The third kappa shape index (κ3) is 3.11. The Morgan fingerprint density at radius 1 is 0.960 bits per heavy atom. The summed E-state index contributed by atoms with van der Waals surface area (Å²) in [5.74, 6) is 0.491. The molecule has 25 heavy (non-hydrogen) atoms. The average molecular weight is 345 g/mol. The molecule has 3 rings (SSSR count). The van der Waals surface area contributed by atoms with Gasteiger partial charge in [0.2, 0.25) is 0 Å². The van der Waals surface area contributed by atoms with E-state index in [4.69, 9.17) is 0 Å². The molecule has 0 bridgehead atoms. The maximum Gasteiger partial charge on any atom is 0.0407 e. The highest BCUT2D eigenvalue weighted by Gasteiger charge is 2.20. The predicted octanol–water partition coefficient (Wildman–Crippen LogP) is 4.39. The molecule has 0 heterocycles. The van der Waals surface area contributed by atoms with Gasteiger partial charge in [0, 0.05) is 9.85 Å². The molecule has 1 aliphatic carbocycles. The van der Waals surface area contributed by atoms with Crippen molar-refractivity contribution in [2.24, 2.45) is 0 Å². The standard InChI is InChI=1S/C24H28Si/c1-14(2)20-13-18(24(5,6)7)10-11-19(20)22-15(3)8-9-17-12-21(25)16(4)23(17)22/h8-14H,1-7H3. The van der Waals surface area contributed by atoms with Crippen molar-refractivity contribution in [2.75, 3.05) is 0 Å². The van der Waals surface area contributed by atoms with Crippen LogP contribution >= 0.6 is 0 Å². The Kier molecular flexibility index (Phi) is 4.49. The minimum absolute atomic E-state index is 0.169. The highest BCUT2D eigenvalue weighted by molar-refractivity contribution is 6.61. The number of hydrogen-bond donors (Lipinski definition) is 0. The molecule has 0 atom stereocenters. The fraction of sp³-hybridized carbons (Fsp3) is 0.375. The molecule has 2 aromatic carbocycles. The van der Waals surface area contributed by atoms with Gasteiger partial charge in [-0.25, -0.2) is 0 Å². The predicted molar refractivity (Wildman–Crippen MR) is 113 cm³/mol. The molecule has 0 spiro atoms. The number of hydrogen-bond acceptors (Lipinski definition) is 0. The number of rotatable bonds is 2. The van der Waals surface area contributed by atoms with Crippen molar-refractivity contribution >= 4 is 26.7 Å². The molecule has 0 nitrogen and oxygen atoms in total. The molecule has 1 heteroatoms. The van der Waals surface area contributed by atoms with E-state index in [2.05, 4.69) is 94.7 Å². The molecular weight excluding hydrogens is 316 g/mol. The molecule has 1 aliphatic rings. The van der Waals surface area contributed by atoms with Crippen LogP contribution in [-0.2, 0) is 5.41 Å². The quantitative estimate of drug-likeness (QED) is 0.709. The summed E-state index contributed by atoms with van der Waals surface area (Å²) in [5, 5.41) is 3.90. The summed E-state index contributed by atoms with van der Waals surface area (Å²) in [6.45, 7) is 15.9. The first-order valence-electron chi connectivity index (χ1n) is 9.17. The molecule has 128 valence electrons. The van der Waals surface area contributed by atoms with Gasteiger partial charge in [-0.1, -0.05) is 71.0 Å². The van der Waals surface area contributed by atoms with E-state index in [0.29, 0.717) is 5.92 Å². The molecule has 0 N–H and O–H groups in total. The van der Waals surface area contributed by atoms with Crippen molar-refractivity contribution in [1.82, 2.24) is 0 Å². The summed E-state index contributed by atoms with van der Waals surface area (Å²) >= 11 is 0. The van der Waals surface area contributed by atoms with E-state index in [1.165, 1.54) is 49.0 Å². The lowest BCUT2D eigenvalue weighted by Crippen LogP contribution is -2.26. The zero-order chi connectivity index (χ0) is 18.5. The van der Waals surface area contributed by atoms with Crippen LogP contribution in [0.2, 0.25) is 0 Å². The maximum atomic E-state index is 3.78. The molecule has 2 radical (unpaired) electrons. The third-order valence-electron chi connectivity index (χ3n) is 5.33. The lowest BCUT2D eigenvalue weighted by atomic mass is 9.81.